The zero-order valence-electron chi connectivity index (χ0n) is 11.1. The molecule has 1 rings (SSSR count). The Bertz CT molecular complexity index is 379. The maximum atomic E-state index is 10.6. The number of aldehydes is 1. The number of benzene rings is 1. The van der Waals surface area contributed by atoms with Crippen molar-refractivity contribution < 1.29 is 14.3 Å². The van der Waals surface area contributed by atoms with Gasteiger partial charge in [-0.3, -0.25) is 0 Å². The van der Waals surface area contributed by atoms with Gasteiger partial charge in [0.1, 0.15) is 12.0 Å². The molecule has 1 aromatic rings. The third kappa shape index (κ3) is 4.35. The Morgan fingerprint density at radius 1 is 1.44 bits per heavy atom. The number of hydrogen-bond acceptors (Lipinski definition) is 4. The van der Waals surface area contributed by atoms with E-state index in [9.17, 15) is 4.79 Å². The molecule has 0 saturated carbocycles. The molecule has 0 saturated heterocycles. The van der Waals surface area contributed by atoms with Crippen LogP contribution in [0.3, 0.4) is 0 Å². The van der Waals surface area contributed by atoms with Crippen molar-refractivity contribution in [3.63, 3.8) is 0 Å². The maximum absolute atomic E-state index is 10.6. The number of ether oxygens (including phenoxy) is 2. The highest BCUT2D eigenvalue weighted by Gasteiger charge is 2.10. The van der Waals surface area contributed by atoms with Crippen molar-refractivity contribution in [2.45, 2.75) is 25.2 Å². The number of methoxy groups -OCH3 is 1. The van der Waals surface area contributed by atoms with E-state index in [2.05, 4.69) is 13.0 Å². The van der Waals surface area contributed by atoms with Crippen molar-refractivity contribution in [3.05, 3.63) is 23.8 Å². The molecular weight excluding hydrogens is 248 g/mol. The van der Waals surface area contributed by atoms with Gasteiger partial charge in [-0.25, -0.2) is 0 Å². The van der Waals surface area contributed by atoms with Crippen LogP contribution in [0.15, 0.2) is 23.1 Å². The van der Waals surface area contributed by atoms with Gasteiger partial charge in [-0.15, -0.1) is 11.8 Å². The molecule has 0 aliphatic carbocycles. The number of thioether (sulfide) groups is 1. The Morgan fingerprint density at radius 3 is 2.83 bits per heavy atom. The van der Waals surface area contributed by atoms with Crippen LogP contribution in [0.25, 0.3) is 0 Å². The monoisotopic (exact) mass is 268 g/mol. The predicted molar refractivity (Wildman–Crippen MR) is 74.3 cm³/mol. The second kappa shape index (κ2) is 8.16. The van der Waals surface area contributed by atoms with Crippen molar-refractivity contribution in [1.82, 2.24) is 0 Å². The van der Waals surface area contributed by atoms with Gasteiger partial charge in [0, 0.05) is 23.7 Å². The molecular formula is C14H20O3S. The molecule has 1 atom stereocenters. The van der Waals surface area contributed by atoms with Crippen LogP contribution >= 0.6 is 11.8 Å². The second-order valence-electron chi connectivity index (χ2n) is 4.07. The molecule has 0 radical (unpaired) electrons. The third-order valence-corrected chi connectivity index (χ3v) is 3.82. The zero-order valence-corrected chi connectivity index (χ0v) is 12.0. The highest BCUT2D eigenvalue weighted by Crippen LogP contribution is 2.33. The molecule has 0 aliphatic rings. The van der Waals surface area contributed by atoms with Crippen LogP contribution in [0.2, 0.25) is 0 Å². The molecule has 0 N–H and O–H groups in total. The lowest BCUT2D eigenvalue weighted by molar-refractivity contribution is -0.110. The number of carbonyl (C=O) groups excluding carboxylic acids is 1. The zero-order chi connectivity index (χ0) is 13.4. The Morgan fingerprint density at radius 2 is 2.22 bits per heavy atom. The van der Waals surface area contributed by atoms with Crippen LogP contribution in [0.5, 0.6) is 5.75 Å². The van der Waals surface area contributed by atoms with E-state index in [1.165, 1.54) is 0 Å². The van der Waals surface area contributed by atoms with Gasteiger partial charge < -0.3 is 14.3 Å². The standard InChI is InChI=1S/C14H20O3S/c1-4-12-6-5-7-13(14(12)17-10-16-3)18-9-11(2)8-15/h5-8,11H,4,9-10H2,1-3H3/t11-/m0/s1. The average Bonchev–Trinajstić information content (AvgIpc) is 2.42. The summed E-state index contributed by atoms with van der Waals surface area (Å²) < 4.78 is 10.6. The quantitative estimate of drug-likeness (QED) is 0.412. The van der Waals surface area contributed by atoms with E-state index >= 15 is 0 Å². The summed E-state index contributed by atoms with van der Waals surface area (Å²) in [5, 5.41) is 0. The van der Waals surface area contributed by atoms with E-state index in [0.717, 1.165) is 34.7 Å². The third-order valence-electron chi connectivity index (χ3n) is 2.50. The first-order chi connectivity index (χ1) is 8.72. The van der Waals surface area contributed by atoms with Crippen molar-refractivity contribution in [2.24, 2.45) is 5.92 Å². The topological polar surface area (TPSA) is 35.5 Å². The average molecular weight is 268 g/mol. The lowest BCUT2D eigenvalue weighted by atomic mass is 10.1. The number of aryl methyl sites for hydroxylation is 1. The minimum Gasteiger partial charge on any atom is -0.466 e. The number of hydrogen-bond donors (Lipinski definition) is 0. The summed E-state index contributed by atoms with van der Waals surface area (Å²) >= 11 is 1.65. The minimum absolute atomic E-state index is 0.0514. The minimum atomic E-state index is 0.0514. The van der Waals surface area contributed by atoms with Gasteiger partial charge in [-0.1, -0.05) is 26.0 Å². The molecule has 0 unspecified atom stereocenters. The molecule has 0 spiro atoms. The molecule has 18 heavy (non-hydrogen) atoms. The van der Waals surface area contributed by atoms with Crippen LogP contribution in [0, 0.1) is 5.92 Å². The molecule has 1 aromatic carbocycles. The van der Waals surface area contributed by atoms with E-state index < -0.39 is 0 Å². The number of carbonyl (C=O) groups is 1. The lowest BCUT2D eigenvalue weighted by Crippen LogP contribution is -2.04. The van der Waals surface area contributed by atoms with Crippen molar-refractivity contribution in [1.29, 1.82) is 0 Å². The first kappa shape index (κ1) is 15.1. The van der Waals surface area contributed by atoms with Crippen LogP contribution in [-0.4, -0.2) is 25.9 Å². The molecule has 100 valence electrons. The van der Waals surface area contributed by atoms with E-state index in [0.29, 0.717) is 0 Å². The fraction of sp³-hybridized carbons (Fsp3) is 0.500. The predicted octanol–water partition coefficient (Wildman–Crippen LogP) is 3.16. The maximum Gasteiger partial charge on any atom is 0.188 e. The fourth-order valence-electron chi connectivity index (χ4n) is 1.50. The Balaban J connectivity index is 2.83. The van der Waals surface area contributed by atoms with E-state index in [-0.39, 0.29) is 12.7 Å². The Kier molecular flexibility index (Phi) is 6.83. The highest BCUT2D eigenvalue weighted by molar-refractivity contribution is 7.99. The number of para-hydroxylation sites is 1. The molecule has 3 nitrogen and oxygen atoms in total. The molecule has 0 aromatic heterocycles. The van der Waals surface area contributed by atoms with Gasteiger partial charge >= 0.3 is 0 Å². The first-order valence-corrected chi connectivity index (χ1v) is 7.03. The second-order valence-corrected chi connectivity index (χ2v) is 5.14. The SMILES string of the molecule is CCc1cccc(SC[C@@H](C)C=O)c1OCOC. The summed E-state index contributed by atoms with van der Waals surface area (Å²) in [6, 6.07) is 6.09. The summed E-state index contributed by atoms with van der Waals surface area (Å²) in [5.41, 5.74) is 1.16. The van der Waals surface area contributed by atoms with Crippen LogP contribution in [0.1, 0.15) is 19.4 Å². The summed E-state index contributed by atoms with van der Waals surface area (Å²) in [6.07, 6.45) is 1.89. The van der Waals surface area contributed by atoms with Crippen molar-refractivity contribution in [2.75, 3.05) is 19.7 Å². The molecule has 0 aliphatic heterocycles. The summed E-state index contributed by atoms with van der Waals surface area (Å²) in [6.45, 7) is 4.25. The Hall–Kier alpha value is -1.00. The molecule has 0 bridgehead atoms. The largest absolute Gasteiger partial charge is 0.466 e. The van der Waals surface area contributed by atoms with Crippen LogP contribution in [0.4, 0.5) is 0 Å². The van der Waals surface area contributed by atoms with Gasteiger partial charge in [0.25, 0.3) is 0 Å². The van der Waals surface area contributed by atoms with Crippen LogP contribution < -0.4 is 4.74 Å². The van der Waals surface area contributed by atoms with Gasteiger partial charge in [-0.2, -0.15) is 0 Å². The van der Waals surface area contributed by atoms with Gasteiger partial charge in [0.15, 0.2) is 6.79 Å². The molecule has 4 heteroatoms. The normalized spacial score (nSPS) is 12.2. The Labute approximate surface area is 113 Å². The van der Waals surface area contributed by atoms with Crippen molar-refractivity contribution >= 4 is 18.0 Å². The fourth-order valence-corrected chi connectivity index (χ4v) is 2.51. The molecule has 0 heterocycles. The van der Waals surface area contributed by atoms with Crippen LogP contribution in [-0.2, 0) is 16.0 Å². The smallest absolute Gasteiger partial charge is 0.188 e. The van der Waals surface area contributed by atoms with Gasteiger partial charge in [-0.05, 0) is 18.1 Å². The molecule has 0 amide bonds. The summed E-state index contributed by atoms with van der Waals surface area (Å²) in [5.74, 6) is 1.69. The highest BCUT2D eigenvalue weighted by atomic mass is 32.2. The van der Waals surface area contributed by atoms with Gasteiger partial charge in [0.05, 0.1) is 0 Å². The number of rotatable bonds is 8. The first-order valence-electron chi connectivity index (χ1n) is 6.04. The van der Waals surface area contributed by atoms with E-state index in [4.69, 9.17) is 9.47 Å². The summed E-state index contributed by atoms with van der Waals surface area (Å²) in [4.78, 5) is 11.7. The lowest BCUT2D eigenvalue weighted by Gasteiger charge is -2.14. The van der Waals surface area contributed by atoms with E-state index in [1.54, 1.807) is 18.9 Å². The summed E-state index contributed by atoms with van der Waals surface area (Å²) in [7, 11) is 1.61. The van der Waals surface area contributed by atoms with Gasteiger partial charge in [0.2, 0.25) is 0 Å². The van der Waals surface area contributed by atoms with E-state index in [1.807, 2.05) is 19.1 Å². The molecule has 0 fully saturated rings. The van der Waals surface area contributed by atoms with Crippen molar-refractivity contribution in [3.8, 4) is 5.75 Å².